The Morgan fingerprint density at radius 3 is 2.89 bits per heavy atom. The van der Waals surface area contributed by atoms with Crippen LogP contribution in [0.2, 0.25) is 0 Å². The maximum Gasteiger partial charge on any atom is 0.0645 e. The summed E-state index contributed by atoms with van der Waals surface area (Å²) in [7, 11) is 2.32. The largest absolute Gasteiger partial charge is 0.380 e. The maximum atomic E-state index is 8.41. The lowest BCUT2D eigenvalue weighted by Crippen LogP contribution is -2.35. The average molecular weight is 250 g/mol. The molecule has 0 aromatic heterocycles. The van der Waals surface area contributed by atoms with Crippen molar-refractivity contribution in [1.29, 1.82) is 5.26 Å². The predicted molar refractivity (Wildman–Crippen MR) is 72.2 cm³/mol. The van der Waals surface area contributed by atoms with E-state index in [-0.39, 0.29) is 0 Å². The van der Waals surface area contributed by atoms with Gasteiger partial charge in [-0.3, -0.25) is 0 Å². The van der Waals surface area contributed by atoms with E-state index in [1.54, 1.807) is 0 Å². The Kier molecular flexibility index (Phi) is 5.46. The second kappa shape index (κ2) is 7.11. The highest BCUT2D eigenvalue weighted by atomic mass is 16.5. The molecule has 0 aromatic rings. The van der Waals surface area contributed by atoms with Gasteiger partial charge in [-0.15, -0.1) is 0 Å². The Morgan fingerprint density at radius 2 is 2.11 bits per heavy atom. The van der Waals surface area contributed by atoms with Gasteiger partial charge < -0.3 is 9.64 Å². The van der Waals surface area contributed by atoms with Crippen molar-refractivity contribution in [2.24, 2.45) is 5.92 Å². The van der Waals surface area contributed by atoms with Gasteiger partial charge in [0.1, 0.15) is 0 Å². The van der Waals surface area contributed by atoms with Crippen LogP contribution >= 0.6 is 0 Å². The summed E-state index contributed by atoms with van der Waals surface area (Å²) in [6, 6.07) is 3.75. The smallest absolute Gasteiger partial charge is 0.0645 e. The number of likely N-dealkylation sites (tertiary alicyclic amines) is 1. The van der Waals surface area contributed by atoms with Crippen LogP contribution in [0.25, 0.3) is 0 Å². The van der Waals surface area contributed by atoms with E-state index in [9.17, 15) is 0 Å². The van der Waals surface area contributed by atoms with Gasteiger partial charge in [0.25, 0.3) is 0 Å². The van der Waals surface area contributed by atoms with Gasteiger partial charge in [0.2, 0.25) is 0 Å². The highest BCUT2D eigenvalue weighted by Crippen LogP contribution is 2.39. The molecule has 1 saturated carbocycles. The third kappa shape index (κ3) is 3.46. The lowest BCUT2D eigenvalue weighted by Gasteiger charge is -2.30. The van der Waals surface area contributed by atoms with E-state index in [4.69, 9.17) is 10.00 Å². The Bertz CT molecular complexity index is 287. The highest BCUT2D eigenvalue weighted by Gasteiger charge is 2.39. The monoisotopic (exact) mass is 250 g/mol. The van der Waals surface area contributed by atoms with Crippen molar-refractivity contribution >= 4 is 0 Å². The zero-order valence-electron chi connectivity index (χ0n) is 11.6. The van der Waals surface area contributed by atoms with Crippen molar-refractivity contribution in [3.05, 3.63) is 0 Å². The van der Waals surface area contributed by atoms with E-state index < -0.39 is 0 Å². The number of hydrogen-bond acceptors (Lipinski definition) is 3. The van der Waals surface area contributed by atoms with Crippen LogP contribution in [0.3, 0.4) is 0 Å². The van der Waals surface area contributed by atoms with Crippen molar-refractivity contribution in [3.63, 3.8) is 0 Å². The molecule has 18 heavy (non-hydrogen) atoms. The second-order valence-corrected chi connectivity index (χ2v) is 5.83. The van der Waals surface area contributed by atoms with Gasteiger partial charge in [0.05, 0.1) is 19.1 Å². The second-order valence-electron chi connectivity index (χ2n) is 5.83. The minimum absolute atomic E-state index is 0.521. The van der Waals surface area contributed by atoms with Crippen LogP contribution in [0.4, 0.5) is 0 Å². The summed E-state index contributed by atoms with van der Waals surface area (Å²) in [6.45, 7) is 1.42. The van der Waals surface area contributed by atoms with Crippen molar-refractivity contribution in [1.82, 2.24) is 4.90 Å². The average Bonchev–Trinajstić information content (AvgIpc) is 2.71. The Morgan fingerprint density at radius 1 is 1.28 bits per heavy atom. The number of hydrogen-bond donors (Lipinski definition) is 0. The summed E-state index contributed by atoms with van der Waals surface area (Å²) < 4.78 is 5.45. The molecule has 0 aromatic carbocycles. The first kappa shape index (κ1) is 13.8. The fourth-order valence-corrected chi connectivity index (χ4v) is 3.75. The summed E-state index contributed by atoms with van der Waals surface area (Å²) in [5.41, 5.74) is 0. The molecular formula is C15H26N2O. The first-order valence-corrected chi connectivity index (χ1v) is 7.49. The molecule has 0 N–H and O–H groups in total. The van der Waals surface area contributed by atoms with Crippen LogP contribution in [-0.2, 0) is 4.74 Å². The molecule has 2 aliphatic rings. The molecule has 0 spiro atoms. The molecule has 3 nitrogen and oxygen atoms in total. The van der Waals surface area contributed by atoms with Crippen molar-refractivity contribution in [2.75, 3.05) is 20.3 Å². The van der Waals surface area contributed by atoms with Crippen molar-refractivity contribution in [2.45, 2.75) is 63.5 Å². The van der Waals surface area contributed by atoms with Crippen LogP contribution < -0.4 is 0 Å². The molecule has 3 unspecified atom stereocenters. The predicted octanol–water partition coefficient (Wildman–Crippen LogP) is 2.96. The minimum Gasteiger partial charge on any atom is -0.380 e. The highest BCUT2D eigenvalue weighted by molar-refractivity contribution is 4.93. The lowest BCUT2D eigenvalue weighted by molar-refractivity contribution is 0.124. The lowest BCUT2D eigenvalue weighted by atomic mass is 9.84. The number of rotatable bonds is 6. The van der Waals surface area contributed by atoms with Crippen LogP contribution in [0.5, 0.6) is 0 Å². The van der Waals surface area contributed by atoms with Crippen molar-refractivity contribution < 1.29 is 4.74 Å². The Balaban J connectivity index is 1.63. The van der Waals surface area contributed by atoms with E-state index in [1.165, 1.54) is 38.5 Å². The zero-order valence-corrected chi connectivity index (χ0v) is 11.6. The molecule has 2 fully saturated rings. The van der Waals surface area contributed by atoms with Gasteiger partial charge in [-0.25, -0.2) is 0 Å². The molecule has 1 heterocycles. The van der Waals surface area contributed by atoms with Crippen LogP contribution in [-0.4, -0.2) is 37.2 Å². The third-order valence-electron chi connectivity index (χ3n) is 4.73. The number of nitriles is 1. The van der Waals surface area contributed by atoms with E-state index in [0.29, 0.717) is 13.0 Å². The first-order chi connectivity index (χ1) is 8.83. The topological polar surface area (TPSA) is 36.3 Å². The molecule has 0 amide bonds. The SMILES string of the molecule is CN1C(CCCOCCC#N)CC2CCCCC21. The molecule has 3 heteroatoms. The molecule has 1 aliphatic heterocycles. The molecule has 3 atom stereocenters. The normalized spacial score (nSPS) is 32.1. The van der Waals surface area contributed by atoms with Gasteiger partial charge in [0.15, 0.2) is 0 Å². The van der Waals surface area contributed by atoms with Gasteiger partial charge in [0, 0.05) is 18.7 Å². The summed E-state index contributed by atoms with van der Waals surface area (Å²) in [5.74, 6) is 0.966. The van der Waals surface area contributed by atoms with Gasteiger partial charge in [-0.2, -0.15) is 5.26 Å². The summed E-state index contributed by atoms with van der Waals surface area (Å²) >= 11 is 0. The van der Waals surface area contributed by atoms with Crippen LogP contribution in [0.15, 0.2) is 0 Å². The number of fused-ring (bicyclic) bond motifs is 1. The Hall–Kier alpha value is -0.590. The summed E-state index contributed by atoms with van der Waals surface area (Å²) in [4.78, 5) is 2.64. The van der Waals surface area contributed by atoms with E-state index in [0.717, 1.165) is 31.0 Å². The molecule has 102 valence electrons. The van der Waals surface area contributed by atoms with Gasteiger partial charge in [-0.05, 0) is 45.1 Å². The van der Waals surface area contributed by atoms with E-state index in [2.05, 4.69) is 18.0 Å². The van der Waals surface area contributed by atoms with Gasteiger partial charge >= 0.3 is 0 Å². The molecular weight excluding hydrogens is 224 g/mol. The quantitative estimate of drug-likeness (QED) is 0.680. The molecule has 0 bridgehead atoms. The standard InChI is InChI=1S/C15H26N2O/c1-17-14(7-4-10-18-11-5-9-16)12-13-6-2-3-8-15(13)17/h13-15H,2-8,10-12H2,1H3. The number of ether oxygens (including phenoxy) is 1. The van der Waals surface area contributed by atoms with E-state index in [1.807, 2.05) is 0 Å². The molecule has 1 aliphatic carbocycles. The van der Waals surface area contributed by atoms with Gasteiger partial charge in [-0.1, -0.05) is 12.8 Å². The van der Waals surface area contributed by atoms with E-state index >= 15 is 0 Å². The minimum atomic E-state index is 0.521. The zero-order chi connectivity index (χ0) is 12.8. The Labute approximate surface area is 111 Å². The maximum absolute atomic E-state index is 8.41. The molecule has 2 rings (SSSR count). The van der Waals surface area contributed by atoms with Crippen LogP contribution in [0, 0.1) is 17.2 Å². The molecule has 1 saturated heterocycles. The van der Waals surface area contributed by atoms with Crippen LogP contribution in [0.1, 0.15) is 51.4 Å². The van der Waals surface area contributed by atoms with Crippen molar-refractivity contribution in [3.8, 4) is 6.07 Å². The fourth-order valence-electron chi connectivity index (χ4n) is 3.75. The third-order valence-corrected chi connectivity index (χ3v) is 4.73. The fraction of sp³-hybridized carbons (Fsp3) is 0.933. The first-order valence-electron chi connectivity index (χ1n) is 7.49. The summed E-state index contributed by atoms with van der Waals surface area (Å²) in [6.07, 6.45) is 10.1. The molecule has 0 radical (unpaired) electrons. The number of nitrogens with zero attached hydrogens (tertiary/aromatic N) is 2. The summed E-state index contributed by atoms with van der Waals surface area (Å²) in [5, 5.41) is 8.41.